The Morgan fingerprint density at radius 1 is 1.71 bits per heavy atom. The summed E-state index contributed by atoms with van der Waals surface area (Å²) in [6, 6.07) is 0. The lowest BCUT2D eigenvalue weighted by Crippen LogP contribution is -1.99. The van der Waals surface area contributed by atoms with Crippen LogP contribution >= 0.6 is 0 Å². The molecule has 1 aliphatic rings. The van der Waals surface area contributed by atoms with Gasteiger partial charge in [-0.05, 0) is 6.92 Å². The van der Waals surface area contributed by atoms with E-state index in [0.717, 1.165) is 5.76 Å². The normalized spacial score (nSPS) is 17.0. The van der Waals surface area contributed by atoms with Gasteiger partial charge in [0.2, 0.25) is 0 Å². The molecule has 0 unspecified atom stereocenters. The first kappa shape index (κ1) is 4.24. The third-order valence-corrected chi connectivity index (χ3v) is 0.705. The Bertz CT molecular complexity index is 115. The Balaban J connectivity index is 2.50. The van der Waals surface area contributed by atoms with Crippen LogP contribution in [0.4, 0.5) is 0 Å². The number of nitrogens with one attached hydrogen (secondary N) is 1. The first-order valence-corrected chi connectivity index (χ1v) is 2.14. The SMILES string of the molecule is CC1=CNC=CO1. The molecular weight excluding hydrogens is 90.1 g/mol. The summed E-state index contributed by atoms with van der Waals surface area (Å²) in [6.07, 6.45) is 5.13. The molecule has 0 atom stereocenters. The van der Waals surface area contributed by atoms with Crippen molar-refractivity contribution in [3.05, 3.63) is 24.4 Å². The Morgan fingerprint density at radius 3 is 2.86 bits per heavy atom. The monoisotopic (exact) mass is 97.1 g/mol. The highest BCUT2D eigenvalue weighted by atomic mass is 16.5. The molecule has 2 nitrogen and oxygen atoms in total. The molecule has 0 aromatic carbocycles. The number of hydrogen-bond donors (Lipinski definition) is 1. The molecule has 0 aromatic heterocycles. The van der Waals surface area contributed by atoms with Gasteiger partial charge in [0, 0.05) is 12.4 Å². The van der Waals surface area contributed by atoms with Crippen LogP contribution in [0.25, 0.3) is 0 Å². The minimum Gasteiger partial charge on any atom is -0.467 e. The fraction of sp³-hybridized carbons (Fsp3) is 0.200. The first-order valence-electron chi connectivity index (χ1n) is 2.14. The van der Waals surface area contributed by atoms with Crippen LogP contribution in [0.5, 0.6) is 0 Å². The molecular formula is C5H7NO. The predicted molar refractivity (Wildman–Crippen MR) is 27.1 cm³/mol. The summed E-state index contributed by atoms with van der Waals surface area (Å²) in [6.45, 7) is 1.89. The molecule has 1 aliphatic heterocycles. The second-order valence-corrected chi connectivity index (χ2v) is 1.34. The van der Waals surface area contributed by atoms with Crippen LogP contribution in [0.1, 0.15) is 6.92 Å². The van der Waals surface area contributed by atoms with Gasteiger partial charge in [0.25, 0.3) is 0 Å². The quantitative estimate of drug-likeness (QED) is 0.485. The first-order chi connectivity index (χ1) is 3.39. The Labute approximate surface area is 42.5 Å². The van der Waals surface area contributed by atoms with Crippen LogP contribution in [0, 0.1) is 0 Å². The number of hydrogen-bond acceptors (Lipinski definition) is 2. The summed E-state index contributed by atoms with van der Waals surface area (Å²) in [5, 5.41) is 2.87. The predicted octanol–water partition coefficient (Wildman–Crippen LogP) is 0.939. The van der Waals surface area contributed by atoms with Crippen molar-refractivity contribution in [1.29, 1.82) is 0 Å². The third-order valence-electron chi connectivity index (χ3n) is 0.705. The van der Waals surface area contributed by atoms with Crippen LogP contribution in [-0.2, 0) is 4.74 Å². The molecule has 0 saturated heterocycles. The van der Waals surface area contributed by atoms with Gasteiger partial charge in [-0.2, -0.15) is 0 Å². The molecule has 0 spiro atoms. The number of rotatable bonds is 0. The largest absolute Gasteiger partial charge is 0.467 e. The highest BCUT2D eigenvalue weighted by molar-refractivity contribution is 4.97. The van der Waals surface area contributed by atoms with Crippen LogP contribution in [0.15, 0.2) is 24.4 Å². The fourth-order valence-electron chi connectivity index (χ4n) is 0.380. The van der Waals surface area contributed by atoms with Gasteiger partial charge in [-0.3, -0.25) is 0 Å². The van der Waals surface area contributed by atoms with Crippen molar-refractivity contribution in [2.45, 2.75) is 6.92 Å². The van der Waals surface area contributed by atoms with Gasteiger partial charge in [0.15, 0.2) is 0 Å². The Hall–Kier alpha value is -0.920. The van der Waals surface area contributed by atoms with Gasteiger partial charge in [-0.15, -0.1) is 0 Å². The highest BCUT2D eigenvalue weighted by Crippen LogP contribution is 1.96. The lowest BCUT2D eigenvalue weighted by Gasteiger charge is -2.03. The average Bonchev–Trinajstić information content (AvgIpc) is 1.69. The average molecular weight is 97.1 g/mol. The summed E-state index contributed by atoms with van der Waals surface area (Å²) < 4.78 is 4.90. The molecule has 7 heavy (non-hydrogen) atoms. The number of allylic oxidation sites excluding steroid dienone is 1. The lowest BCUT2D eigenvalue weighted by atomic mass is 10.6. The molecule has 1 heterocycles. The molecule has 0 aliphatic carbocycles. The van der Waals surface area contributed by atoms with Gasteiger partial charge in [0.05, 0.1) is 0 Å². The fourth-order valence-corrected chi connectivity index (χ4v) is 0.380. The Morgan fingerprint density at radius 2 is 2.57 bits per heavy atom. The molecule has 0 amide bonds. The topological polar surface area (TPSA) is 21.3 Å². The number of ether oxygens (including phenoxy) is 1. The summed E-state index contributed by atoms with van der Waals surface area (Å²) in [5.74, 6) is 0.891. The van der Waals surface area contributed by atoms with Gasteiger partial charge in [0.1, 0.15) is 12.0 Å². The molecule has 0 fully saturated rings. The van der Waals surface area contributed by atoms with E-state index in [1.54, 1.807) is 18.7 Å². The highest BCUT2D eigenvalue weighted by Gasteiger charge is 1.86. The summed E-state index contributed by atoms with van der Waals surface area (Å²) in [5.41, 5.74) is 0. The van der Waals surface area contributed by atoms with Crippen molar-refractivity contribution < 1.29 is 4.74 Å². The van der Waals surface area contributed by atoms with Crippen LogP contribution < -0.4 is 5.32 Å². The third kappa shape index (κ3) is 0.961. The lowest BCUT2D eigenvalue weighted by molar-refractivity contribution is 0.340. The van der Waals surface area contributed by atoms with E-state index in [9.17, 15) is 0 Å². The minimum absolute atomic E-state index is 0.891. The maximum absolute atomic E-state index is 4.90. The summed E-state index contributed by atoms with van der Waals surface area (Å²) in [4.78, 5) is 0. The molecule has 2 heteroatoms. The van der Waals surface area contributed by atoms with Crippen LogP contribution in [0.3, 0.4) is 0 Å². The van der Waals surface area contributed by atoms with E-state index in [4.69, 9.17) is 4.74 Å². The zero-order valence-corrected chi connectivity index (χ0v) is 4.14. The summed E-state index contributed by atoms with van der Waals surface area (Å²) in [7, 11) is 0. The molecule has 38 valence electrons. The second-order valence-electron chi connectivity index (χ2n) is 1.34. The van der Waals surface area contributed by atoms with E-state index in [1.165, 1.54) is 0 Å². The van der Waals surface area contributed by atoms with Crippen LogP contribution in [-0.4, -0.2) is 0 Å². The maximum atomic E-state index is 4.90. The van der Waals surface area contributed by atoms with E-state index < -0.39 is 0 Å². The van der Waals surface area contributed by atoms with E-state index in [2.05, 4.69) is 5.32 Å². The van der Waals surface area contributed by atoms with Gasteiger partial charge < -0.3 is 10.1 Å². The molecule has 1 N–H and O–H groups in total. The summed E-state index contributed by atoms with van der Waals surface area (Å²) >= 11 is 0. The van der Waals surface area contributed by atoms with Crippen molar-refractivity contribution >= 4 is 0 Å². The standard InChI is InChI=1S/C5H7NO/c1-5-4-6-2-3-7-5/h2-4,6H,1H3. The van der Waals surface area contributed by atoms with E-state index in [1.807, 2.05) is 6.92 Å². The molecule has 0 bridgehead atoms. The van der Waals surface area contributed by atoms with Crippen molar-refractivity contribution in [1.82, 2.24) is 5.32 Å². The minimum atomic E-state index is 0.891. The Kier molecular flexibility index (Phi) is 1.02. The zero-order valence-electron chi connectivity index (χ0n) is 4.14. The van der Waals surface area contributed by atoms with E-state index in [-0.39, 0.29) is 0 Å². The smallest absolute Gasteiger partial charge is 0.116 e. The van der Waals surface area contributed by atoms with Gasteiger partial charge in [-0.1, -0.05) is 0 Å². The van der Waals surface area contributed by atoms with Crippen LogP contribution in [0.2, 0.25) is 0 Å². The zero-order chi connectivity index (χ0) is 5.11. The van der Waals surface area contributed by atoms with E-state index in [0.29, 0.717) is 0 Å². The van der Waals surface area contributed by atoms with E-state index >= 15 is 0 Å². The van der Waals surface area contributed by atoms with Crippen molar-refractivity contribution in [3.63, 3.8) is 0 Å². The van der Waals surface area contributed by atoms with Crippen molar-refractivity contribution in [2.24, 2.45) is 0 Å². The van der Waals surface area contributed by atoms with Gasteiger partial charge in [-0.25, -0.2) is 0 Å². The molecule has 0 saturated carbocycles. The van der Waals surface area contributed by atoms with Crippen molar-refractivity contribution in [2.75, 3.05) is 0 Å². The molecule has 1 rings (SSSR count). The molecule has 0 aromatic rings. The van der Waals surface area contributed by atoms with Crippen molar-refractivity contribution in [3.8, 4) is 0 Å². The second kappa shape index (κ2) is 1.69. The molecule has 0 radical (unpaired) electrons. The maximum Gasteiger partial charge on any atom is 0.116 e. The van der Waals surface area contributed by atoms with Gasteiger partial charge >= 0.3 is 0 Å².